The van der Waals surface area contributed by atoms with Crippen LogP contribution in [0.1, 0.15) is 43.0 Å². The van der Waals surface area contributed by atoms with E-state index in [1.807, 2.05) is 0 Å². The molecule has 0 radical (unpaired) electrons. The van der Waals surface area contributed by atoms with Crippen molar-refractivity contribution in [2.45, 2.75) is 45.4 Å². The molecule has 0 amide bonds. The maximum Gasteiger partial charge on any atom is 0.188 e. The second-order valence-electron chi connectivity index (χ2n) is 6.88. The Morgan fingerprint density at radius 3 is 2.88 bits per heavy atom. The molecule has 1 fully saturated rings. The third kappa shape index (κ3) is 2.37. The first kappa shape index (κ1) is 15.5. The number of fused-ring (bicyclic) bond motifs is 4. The van der Waals surface area contributed by atoms with E-state index in [9.17, 15) is 0 Å². The topological polar surface area (TPSA) is 24.5 Å². The van der Waals surface area contributed by atoms with Gasteiger partial charge in [-0.1, -0.05) is 31.2 Å². The number of ether oxygens (including phenoxy) is 1. The maximum atomic E-state index is 6.47. The minimum absolute atomic E-state index is 0.207. The van der Waals surface area contributed by atoms with Crippen LogP contribution >= 0.6 is 12.2 Å². The quantitative estimate of drug-likeness (QED) is 0.815. The molecule has 0 unspecified atom stereocenters. The minimum atomic E-state index is -0.471. The molecule has 0 saturated carbocycles. The van der Waals surface area contributed by atoms with Crippen molar-refractivity contribution in [3.63, 3.8) is 0 Å². The van der Waals surface area contributed by atoms with Gasteiger partial charge < -0.3 is 10.1 Å². The van der Waals surface area contributed by atoms with Gasteiger partial charge in [-0.2, -0.15) is 0 Å². The highest BCUT2D eigenvalue weighted by Gasteiger charge is 2.48. The summed E-state index contributed by atoms with van der Waals surface area (Å²) in [6.45, 7) is 6.40. The fourth-order valence-corrected chi connectivity index (χ4v) is 4.24. The zero-order chi connectivity index (χ0) is 16.9. The molecule has 1 saturated heterocycles. The summed E-state index contributed by atoms with van der Waals surface area (Å²) < 4.78 is 6.47. The zero-order valence-electron chi connectivity index (χ0n) is 14.3. The van der Waals surface area contributed by atoms with Crippen molar-refractivity contribution in [3.8, 4) is 5.75 Å². The summed E-state index contributed by atoms with van der Waals surface area (Å²) in [5.74, 6) is 0.957. The number of aryl methyl sites for hydroxylation is 2. The Labute approximate surface area is 148 Å². The monoisotopic (exact) mass is 338 g/mol. The third-order valence-corrected chi connectivity index (χ3v) is 5.30. The van der Waals surface area contributed by atoms with Crippen LogP contribution < -0.4 is 15.0 Å². The largest absolute Gasteiger partial charge is 0.467 e. The number of thiocarbonyl (C=S) groups is 1. The van der Waals surface area contributed by atoms with Crippen molar-refractivity contribution >= 4 is 23.0 Å². The van der Waals surface area contributed by atoms with E-state index in [1.165, 1.54) is 16.7 Å². The van der Waals surface area contributed by atoms with Crippen molar-refractivity contribution in [2.24, 2.45) is 0 Å². The van der Waals surface area contributed by atoms with Crippen LogP contribution in [0.15, 0.2) is 42.5 Å². The second kappa shape index (κ2) is 5.49. The standard InChI is InChI=1S/C20H22N2OS/c1-4-14-8-9-18-16(11-14)17-12-20(3,23-18)22(19(24)21-17)15-7-5-6-13(2)10-15/h5-11,17H,4,12H2,1-3H3,(H,21,24)/t17-,20-/m1/s1. The molecular weight excluding hydrogens is 316 g/mol. The van der Waals surface area contributed by atoms with Crippen LogP contribution in [-0.2, 0) is 6.42 Å². The Morgan fingerprint density at radius 2 is 2.12 bits per heavy atom. The van der Waals surface area contributed by atoms with Crippen molar-refractivity contribution in [1.82, 2.24) is 5.32 Å². The lowest BCUT2D eigenvalue weighted by Crippen LogP contribution is -2.65. The van der Waals surface area contributed by atoms with Crippen LogP contribution in [0.4, 0.5) is 5.69 Å². The van der Waals surface area contributed by atoms with Gasteiger partial charge in [0.15, 0.2) is 10.8 Å². The van der Waals surface area contributed by atoms with Crippen molar-refractivity contribution in [1.29, 1.82) is 0 Å². The number of hydrogen-bond acceptors (Lipinski definition) is 2. The SMILES string of the molecule is CCc1ccc2c(c1)[C@H]1C[C@@](C)(O2)N(c2cccc(C)c2)C(=S)N1. The molecule has 0 aromatic heterocycles. The summed E-state index contributed by atoms with van der Waals surface area (Å²) in [5, 5.41) is 4.25. The van der Waals surface area contributed by atoms with Crippen molar-refractivity contribution in [3.05, 3.63) is 59.2 Å². The van der Waals surface area contributed by atoms with Gasteiger partial charge in [-0.15, -0.1) is 0 Å². The molecule has 0 spiro atoms. The highest BCUT2D eigenvalue weighted by atomic mass is 32.1. The van der Waals surface area contributed by atoms with E-state index in [0.717, 1.165) is 29.4 Å². The van der Waals surface area contributed by atoms with Crippen LogP contribution in [0.25, 0.3) is 0 Å². The average Bonchev–Trinajstić information content (AvgIpc) is 2.54. The molecule has 0 aliphatic carbocycles. The number of rotatable bonds is 2. The van der Waals surface area contributed by atoms with Crippen molar-refractivity contribution < 1.29 is 4.74 Å². The van der Waals surface area contributed by atoms with E-state index in [2.05, 4.69) is 73.5 Å². The first-order valence-corrected chi connectivity index (χ1v) is 8.90. The van der Waals surface area contributed by atoms with Crippen LogP contribution in [0.3, 0.4) is 0 Å². The fourth-order valence-electron chi connectivity index (χ4n) is 3.80. The van der Waals surface area contributed by atoms with E-state index in [4.69, 9.17) is 17.0 Å². The highest BCUT2D eigenvalue weighted by molar-refractivity contribution is 7.80. The molecule has 2 aromatic rings. The Kier molecular flexibility index (Phi) is 3.53. The van der Waals surface area contributed by atoms with Gasteiger partial charge >= 0.3 is 0 Å². The molecule has 2 aliphatic rings. The summed E-state index contributed by atoms with van der Waals surface area (Å²) in [7, 11) is 0. The predicted molar refractivity (Wildman–Crippen MR) is 102 cm³/mol. The molecule has 2 aliphatic heterocycles. The number of nitrogens with zero attached hydrogens (tertiary/aromatic N) is 1. The Bertz CT molecular complexity index is 819. The first-order chi connectivity index (χ1) is 11.5. The van der Waals surface area contributed by atoms with Gasteiger partial charge in [0, 0.05) is 17.7 Å². The number of hydrogen-bond donors (Lipinski definition) is 1. The maximum absolute atomic E-state index is 6.47. The molecule has 4 heteroatoms. The summed E-state index contributed by atoms with van der Waals surface area (Å²) in [6, 6.07) is 15.1. The van der Waals surface area contributed by atoms with Gasteiger partial charge in [-0.25, -0.2) is 0 Å². The molecule has 124 valence electrons. The molecule has 3 nitrogen and oxygen atoms in total. The predicted octanol–water partition coefficient (Wildman–Crippen LogP) is 4.49. The number of benzene rings is 2. The molecule has 1 N–H and O–H groups in total. The van der Waals surface area contributed by atoms with Crippen LogP contribution in [0.5, 0.6) is 5.75 Å². The van der Waals surface area contributed by atoms with Crippen LogP contribution in [0.2, 0.25) is 0 Å². The first-order valence-electron chi connectivity index (χ1n) is 8.49. The molecule has 4 rings (SSSR count). The lowest BCUT2D eigenvalue weighted by Gasteiger charge is -2.52. The van der Waals surface area contributed by atoms with Crippen LogP contribution in [-0.4, -0.2) is 10.8 Å². The average molecular weight is 338 g/mol. The van der Waals surface area contributed by atoms with E-state index >= 15 is 0 Å². The summed E-state index contributed by atoms with van der Waals surface area (Å²) >= 11 is 5.70. The zero-order valence-corrected chi connectivity index (χ0v) is 15.1. The Morgan fingerprint density at radius 1 is 1.29 bits per heavy atom. The van der Waals surface area contributed by atoms with E-state index in [1.54, 1.807) is 0 Å². The van der Waals surface area contributed by atoms with Gasteiger partial charge in [0.25, 0.3) is 0 Å². The summed E-state index contributed by atoms with van der Waals surface area (Å²) in [6.07, 6.45) is 1.89. The van der Waals surface area contributed by atoms with Gasteiger partial charge in [0.1, 0.15) is 5.75 Å². The third-order valence-electron chi connectivity index (χ3n) is 5.00. The summed E-state index contributed by atoms with van der Waals surface area (Å²) in [4.78, 5) is 2.11. The molecule has 2 bridgehead atoms. The normalized spacial score (nSPS) is 24.9. The van der Waals surface area contributed by atoms with Gasteiger partial charge in [-0.3, -0.25) is 4.90 Å². The van der Waals surface area contributed by atoms with Gasteiger partial charge in [0.05, 0.1) is 6.04 Å². The fraction of sp³-hybridized carbons (Fsp3) is 0.350. The van der Waals surface area contributed by atoms with Gasteiger partial charge in [0.2, 0.25) is 0 Å². The molecule has 2 atom stereocenters. The van der Waals surface area contributed by atoms with Crippen molar-refractivity contribution in [2.75, 3.05) is 4.90 Å². The lowest BCUT2D eigenvalue weighted by molar-refractivity contribution is 0.0497. The lowest BCUT2D eigenvalue weighted by atomic mass is 9.89. The Hall–Kier alpha value is -2.07. The molecular formula is C20H22N2OS. The van der Waals surface area contributed by atoms with E-state index < -0.39 is 5.72 Å². The summed E-state index contributed by atoms with van der Waals surface area (Å²) in [5.41, 5.74) is 4.36. The Balaban J connectivity index is 1.78. The molecule has 2 aromatic carbocycles. The van der Waals surface area contributed by atoms with Crippen LogP contribution in [0, 0.1) is 6.92 Å². The second-order valence-corrected chi connectivity index (χ2v) is 7.27. The highest BCUT2D eigenvalue weighted by Crippen LogP contribution is 2.45. The smallest absolute Gasteiger partial charge is 0.188 e. The number of nitrogens with one attached hydrogen (secondary N) is 1. The molecule has 24 heavy (non-hydrogen) atoms. The van der Waals surface area contributed by atoms with E-state index in [0.29, 0.717) is 0 Å². The van der Waals surface area contributed by atoms with Gasteiger partial charge in [-0.05, 0) is 61.8 Å². The molecule has 2 heterocycles. The number of anilines is 1. The minimum Gasteiger partial charge on any atom is -0.467 e. The van der Waals surface area contributed by atoms with E-state index in [-0.39, 0.29) is 6.04 Å².